The molecule has 0 radical (unpaired) electrons. The molecule has 0 heterocycles. The number of rotatable bonds is 4. The smallest absolute Gasteiger partial charge is 0.251 e. The molecule has 2 aliphatic rings. The molecule has 2 atom stereocenters. The van der Waals surface area contributed by atoms with Gasteiger partial charge in [0.25, 0.3) is 5.91 Å². The Morgan fingerprint density at radius 3 is 2.38 bits per heavy atom. The summed E-state index contributed by atoms with van der Waals surface area (Å²) in [6.45, 7) is 0. The van der Waals surface area contributed by atoms with Crippen LogP contribution in [0.3, 0.4) is 0 Å². The average Bonchev–Trinajstić information content (AvgIpc) is 3.17. The molecule has 5 nitrogen and oxygen atoms in total. The average molecular weight is 285 g/mol. The summed E-state index contributed by atoms with van der Waals surface area (Å²) in [4.78, 5) is 23.9. The van der Waals surface area contributed by atoms with Gasteiger partial charge in [-0.05, 0) is 43.5 Å². The zero-order valence-corrected chi connectivity index (χ0v) is 11.7. The highest BCUT2D eigenvalue weighted by molar-refractivity contribution is 5.97. The summed E-state index contributed by atoms with van der Waals surface area (Å²) in [5.41, 5.74) is 7.05. The van der Waals surface area contributed by atoms with Crippen LogP contribution in [-0.2, 0) is 4.79 Å². The number of hydrogen-bond acceptors (Lipinski definition) is 3. The minimum Gasteiger partial charge on any atom is -0.349 e. The number of nitrogens with two attached hydrogens (primary N) is 1. The van der Waals surface area contributed by atoms with Crippen LogP contribution in [0.15, 0.2) is 36.4 Å². The zero-order chi connectivity index (χ0) is 14.8. The van der Waals surface area contributed by atoms with E-state index in [0.29, 0.717) is 23.7 Å². The summed E-state index contributed by atoms with van der Waals surface area (Å²) >= 11 is 0. The number of amides is 2. The van der Waals surface area contributed by atoms with Crippen LogP contribution in [0.5, 0.6) is 0 Å². The molecule has 2 amide bonds. The molecular weight excluding hydrogens is 266 g/mol. The molecule has 0 saturated heterocycles. The molecule has 3 rings (SSSR count). The van der Waals surface area contributed by atoms with E-state index in [9.17, 15) is 9.59 Å². The van der Waals surface area contributed by atoms with Gasteiger partial charge in [-0.2, -0.15) is 0 Å². The molecule has 4 N–H and O–H groups in total. The second kappa shape index (κ2) is 5.69. The lowest BCUT2D eigenvalue weighted by atomic mass is 10.1. The van der Waals surface area contributed by atoms with Crippen LogP contribution in [0.2, 0.25) is 0 Å². The monoisotopic (exact) mass is 285 g/mol. The predicted molar refractivity (Wildman–Crippen MR) is 80.8 cm³/mol. The number of nitrogens with one attached hydrogen (secondary N) is 2. The van der Waals surface area contributed by atoms with E-state index in [1.54, 1.807) is 24.3 Å². The minimum absolute atomic E-state index is 0.0331. The molecule has 1 saturated carbocycles. The second-order valence-electron chi connectivity index (χ2n) is 5.71. The Bertz CT molecular complexity index is 576. The molecule has 0 aromatic heterocycles. The van der Waals surface area contributed by atoms with E-state index in [-0.39, 0.29) is 23.8 Å². The van der Waals surface area contributed by atoms with Crippen molar-refractivity contribution in [1.29, 1.82) is 0 Å². The highest BCUT2D eigenvalue weighted by atomic mass is 16.2. The molecule has 1 aromatic carbocycles. The molecular formula is C16H19N3O2. The maximum atomic E-state index is 12.0. The molecule has 2 unspecified atom stereocenters. The Labute approximate surface area is 123 Å². The zero-order valence-electron chi connectivity index (χ0n) is 11.7. The Balaban J connectivity index is 1.57. The van der Waals surface area contributed by atoms with Gasteiger partial charge in [-0.25, -0.2) is 0 Å². The van der Waals surface area contributed by atoms with E-state index < -0.39 is 0 Å². The number of hydrogen-bond donors (Lipinski definition) is 3. The lowest BCUT2D eigenvalue weighted by molar-refractivity contribution is -0.118. The van der Waals surface area contributed by atoms with Gasteiger partial charge >= 0.3 is 0 Å². The fourth-order valence-electron chi connectivity index (χ4n) is 2.36. The van der Waals surface area contributed by atoms with Crippen molar-refractivity contribution in [2.75, 3.05) is 5.32 Å². The summed E-state index contributed by atoms with van der Waals surface area (Å²) in [6, 6.07) is 7.26. The van der Waals surface area contributed by atoms with Crippen molar-refractivity contribution in [3.63, 3.8) is 0 Å². The van der Waals surface area contributed by atoms with Crippen molar-refractivity contribution in [2.45, 2.75) is 31.3 Å². The van der Waals surface area contributed by atoms with Gasteiger partial charge in [0, 0.05) is 23.3 Å². The maximum absolute atomic E-state index is 12.0. The molecule has 2 aliphatic carbocycles. The molecule has 5 heteroatoms. The minimum atomic E-state index is -0.169. The van der Waals surface area contributed by atoms with Gasteiger partial charge < -0.3 is 16.4 Å². The van der Waals surface area contributed by atoms with Gasteiger partial charge in [0.15, 0.2) is 0 Å². The largest absolute Gasteiger partial charge is 0.349 e. The van der Waals surface area contributed by atoms with Gasteiger partial charge in [0.1, 0.15) is 0 Å². The van der Waals surface area contributed by atoms with Crippen LogP contribution >= 0.6 is 0 Å². The van der Waals surface area contributed by atoms with Crippen LogP contribution in [0.1, 0.15) is 29.6 Å². The van der Waals surface area contributed by atoms with Gasteiger partial charge in [0.2, 0.25) is 5.91 Å². The van der Waals surface area contributed by atoms with Crippen molar-refractivity contribution in [2.24, 2.45) is 11.7 Å². The first-order valence-electron chi connectivity index (χ1n) is 7.27. The fraction of sp³-hybridized carbons (Fsp3) is 0.375. The van der Waals surface area contributed by atoms with Crippen molar-refractivity contribution < 1.29 is 9.59 Å². The number of anilines is 1. The maximum Gasteiger partial charge on any atom is 0.251 e. The summed E-state index contributed by atoms with van der Waals surface area (Å²) in [7, 11) is 0. The predicted octanol–water partition coefficient (Wildman–Crippen LogP) is 1.42. The molecule has 21 heavy (non-hydrogen) atoms. The fourth-order valence-corrected chi connectivity index (χ4v) is 2.36. The first-order valence-corrected chi connectivity index (χ1v) is 7.27. The SMILES string of the molecule is NC1C=CC(C(=O)Nc2ccc(C(=O)NC3CC3)cc2)C1. The number of carbonyl (C=O) groups excluding carboxylic acids is 2. The van der Waals surface area contributed by atoms with E-state index in [2.05, 4.69) is 10.6 Å². The van der Waals surface area contributed by atoms with Gasteiger partial charge in [-0.15, -0.1) is 0 Å². The van der Waals surface area contributed by atoms with E-state index in [1.807, 2.05) is 12.2 Å². The quantitative estimate of drug-likeness (QED) is 0.731. The Morgan fingerprint density at radius 1 is 1.10 bits per heavy atom. The summed E-state index contributed by atoms with van der Waals surface area (Å²) in [6.07, 6.45) is 6.48. The highest BCUT2D eigenvalue weighted by Crippen LogP contribution is 2.21. The normalized spacial score (nSPS) is 23.9. The Kier molecular flexibility index (Phi) is 3.75. The first-order chi connectivity index (χ1) is 10.1. The van der Waals surface area contributed by atoms with Crippen molar-refractivity contribution in [3.05, 3.63) is 42.0 Å². The third kappa shape index (κ3) is 3.49. The van der Waals surface area contributed by atoms with Crippen LogP contribution < -0.4 is 16.4 Å². The summed E-state index contributed by atoms with van der Waals surface area (Å²) < 4.78 is 0. The number of carbonyl (C=O) groups is 2. The first kappa shape index (κ1) is 13.8. The van der Waals surface area contributed by atoms with E-state index >= 15 is 0 Å². The Morgan fingerprint density at radius 2 is 1.81 bits per heavy atom. The van der Waals surface area contributed by atoms with Crippen LogP contribution in [-0.4, -0.2) is 23.9 Å². The molecule has 0 bridgehead atoms. The van der Waals surface area contributed by atoms with Crippen molar-refractivity contribution >= 4 is 17.5 Å². The van der Waals surface area contributed by atoms with Gasteiger partial charge in [0.05, 0.1) is 5.92 Å². The van der Waals surface area contributed by atoms with Crippen molar-refractivity contribution in [3.8, 4) is 0 Å². The molecule has 0 aliphatic heterocycles. The number of benzene rings is 1. The molecule has 1 fully saturated rings. The highest BCUT2D eigenvalue weighted by Gasteiger charge is 2.24. The topological polar surface area (TPSA) is 84.2 Å². The van der Waals surface area contributed by atoms with E-state index in [1.165, 1.54) is 0 Å². The molecule has 110 valence electrons. The summed E-state index contributed by atoms with van der Waals surface area (Å²) in [5, 5.41) is 5.78. The van der Waals surface area contributed by atoms with Crippen molar-refractivity contribution in [1.82, 2.24) is 5.32 Å². The van der Waals surface area contributed by atoms with E-state index in [0.717, 1.165) is 12.8 Å². The standard InChI is InChI=1S/C16H19N3O2/c17-12-4-1-11(9-12)16(21)19-13-5-2-10(3-6-13)15(20)18-14-7-8-14/h1-6,11-12,14H,7-9,17H2,(H,18,20)(H,19,21). The van der Waals surface area contributed by atoms with Gasteiger partial charge in [-0.1, -0.05) is 12.2 Å². The van der Waals surface area contributed by atoms with Gasteiger partial charge in [-0.3, -0.25) is 9.59 Å². The second-order valence-corrected chi connectivity index (χ2v) is 5.71. The molecule has 1 aromatic rings. The van der Waals surface area contributed by atoms with Crippen LogP contribution in [0.25, 0.3) is 0 Å². The Hall–Kier alpha value is -2.14. The third-order valence-corrected chi connectivity index (χ3v) is 3.78. The molecule has 0 spiro atoms. The van der Waals surface area contributed by atoms with E-state index in [4.69, 9.17) is 5.73 Å². The summed E-state index contributed by atoms with van der Waals surface area (Å²) in [5.74, 6) is -0.285. The van der Waals surface area contributed by atoms with Crippen LogP contribution in [0, 0.1) is 5.92 Å². The third-order valence-electron chi connectivity index (χ3n) is 3.78. The van der Waals surface area contributed by atoms with Crippen LogP contribution in [0.4, 0.5) is 5.69 Å². The lowest BCUT2D eigenvalue weighted by Crippen LogP contribution is -2.25. The lowest BCUT2D eigenvalue weighted by Gasteiger charge is -2.11.